The molecule has 6 rings (SSSR count). The summed E-state index contributed by atoms with van der Waals surface area (Å²) in [4.78, 5) is 0. The van der Waals surface area contributed by atoms with E-state index in [0.717, 1.165) is 0 Å². The molecule has 0 spiro atoms. The van der Waals surface area contributed by atoms with Crippen LogP contribution in [0.5, 0.6) is 0 Å². The number of rotatable bonds is 6. The van der Waals surface area contributed by atoms with Crippen LogP contribution in [0.2, 0.25) is 0 Å². The molecule has 0 saturated heterocycles. The van der Waals surface area contributed by atoms with Crippen molar-refractivity contribution < 1.29 is 137 Å². The van der Waals surface area contributed by atoms with E-state index in [0.29, 0.717) is 0 Å². The van der Waals surface area contributed by atoms with Crippen molar-refractivity contribution in [2.24, 2.45) is 0 Å². The molecule has 29 heteroatoms. The summed E-state index contributed by atoms with van der Waals surface area (Å²) < 4.78 is 356. The van der Waals surface area contributed by atoms with Crippen molar-refractivity contribution in [1.29, 1.82) is 0 Å². The van der Waals surface area contributed by atoms with Gasteiger partial charge in [0.15, 0.2) is 79.9 Å². The number of benzene rings is 4. The average Bonchev–Trinajstić information content (AvgIpc) is 3.96. The molecule has 0 saturated carbocycles. The summed E-state index contributed by atoms with van der Waals surface area (Å²) in [6.07, 6.45) is 8.80. The van der Waals surface area contributed by atoms with Crippen molar-refractivity contribution in [3.8, 4) is 0 Å². The van der Waals surface area contributed by atoms with E-state index in [1.807, 2.05) is 0 Å². The van der Waals surface area contributed by atoms with E-state index in [1.165, 1.54) is 12.8 Å². The van der Waals surface area contributed by atoms with Gasteiger partial charge < -0.3 is 4.55 Å². The zero-order valence-electron chi connectivity index (χ0n) is 29.8. The molecule has 0 N–H and O–H groups in total. The fourth-order valence-corrected chi connectivity index (χ4v) is 9.14. The predicted molar refractivity (Wildman–Crippen MR) is 169 cm³/mol. The quantitative estimate of drug-likeness (QED) is 0.0486. The molecular weight excluding hydrogens is 1040 g/mol. The van der Waals surface area contributed by atoms with Crippen LogP contribution < -0.4 is 21.9 Å². The molecule has 2 aliphatic rings. The maximum Gasteiger partial charge on any atom is 0.485 e. The fraction of sp³-hybridized carbons (Fsp3) is 0.0857. The standard InChI is InChI=1S/C24BF20.2C5H5.CHF3O3S.Zr/c26-5-1(6(27)14(35)21(42)13(5)34)25(2-7(28)15(36)22(43)16(37)8(2)29,3-9(30)17(38)23(44)18(39)10(3)31)4-11(32)19(40)24(45)20(41)12(4)33;2*1-2-4-5-3-1;2-1(3,4)8(5,6)7;/h;2*1-3H,4H2;(H,5,6,7);/q-1;;;;+2/p-1. The third kappa shape index (κ3) is 8.90. The molecule has 0 amide bonds. The number of hydrogen-bond donors (Lipinski definition) is 0. The van der Waals surface area contributed by atoms with Crippen LogP contribution in [0.4, 0.5) is 101 Å². The van der Waals surface area contributed by atoms with E-state index in [9.17, 15) is 65.9 Å². The Morgan fingerprint density at radius 3 is 0.703 bits per heavy atom. The predicted octanol–water partition coefficient (Wildman–Crippen LogP) is 8.65. The van der Waals surface area contributed by atoms with Gasteiger partial charge in [-0.3, -0.25) is 0 Å². The van der Waals surface area contributed by atoms with Gasteiger partial charge in [0, 0.05) is 0 Å². The normalized spacial score (nSPS) is 13.6. The third-order valence-corrected chi connectivity index (χ3v) is 12.8. The van der Waals surface area contributed by atoms with Gasteiger partial charge in [-0.2, -0.15) is 13.2 Å². The van der Waals surface area contributed by atoms with Gasteiger partial charge in [-0.1, -0.05) is 0 Å². The summed E-state index contributed by atoms with van der Waals surface area (Å²) in [5.41, 5.74) is -20.0. The Morgan fingerprint density at radius 2 is 0.562 bits per heavy atom. The molecule has 0 radical (unpaired) electrons. The zero-order valence-corrected chi connectivity index (χ0v) is 33.1. The Labute approximate surface area is 352 Å². The number of alkyl halides is 3. The molecule has 4 aromatic rings. The Balaban J connectivity index is 0.000000386. The average molecular weight is 1050 g/mol. The SMILES string of the molecule is C1=CC[C]([Zr+2][C]2=CC=CC2)=C1.Fc1c(F)c(F)c([B-](c2c(F)c(F)c(F)c(F)c2F)(c2c(F)c(F)c(F)c(F)c2F)c2c(F)c(F)c(F)c(F)c2F)c(F)c1F.O=S(=O)([O-])C(F)(F)F. The Hall–Kier alpha value is -4.91. The molecule has 0 bridgehead atoms. The number of halogens is 23. The molecule has 342 valence electrons. The minimum Gasteiger partial charge on any atom is -0.741 e. The molecule has 0 fully saturated rings. The zero-order chi connectivity index (χ0) is 48.9. The van der Waals surface area contributed by atoms with E-state index in [-0.39, 0.29) is 23.2 Å². The Morgan fingerprint density at radius 1 is 0.391 bits per heavy atom. The van der Waals surface area contributed by atoms with E-state index < -0.39 is 160 Å². The summed E-state index contributed by atoms with van der Waals surface area (Å²) in [5, 5.41) is 0. The number of allylic oxidation sites excluding steroid dienone is 8. The largest absolute Gasteiger partial charge is 0.741 e. The van der Waals surface area contributed by atoms with Crippen molar-refractivity contribution in [1.82, 2.24) is 0 Å². The van der Waals surface area contributed by atoms with Gasteiger partial charge in [-0.25, -0.2) is 96.2 Å². The minimum atomic E-state index is -7.22. The maximum atomic E-state index is 15.4. The fourth-order valence-electron chi connectivity index (χ4n) is 6.16. The second kappa shape index (κ2) is 18.9. The van der Waals surface area contributed by atoms with Crippen molar-refractivity contribution in [2.75, 3.05) is 0 Å². The van der Waals surface area contributed by atoms with E-state index >= 15 is 35.1 Å². The molecule has 2 aliphatic carbocycles. The molecular formula is C35H10BF23O3SZr. The summed E-state index contributed by atoms with van der Waals surface area (Å²) in [7, 11) is -6.09. The van der Waals surface area contributed by atoms with E-state index in [4.69, 9.17) is 13.0 Å². The Bertz CT molecular complexity index is 2410. The molecule has 0 aromatic heterocycles. The Kier molecular flexibility index (Phi) is 15.3. The van der Waals surface area contributed by atoms with Gasteiger partial charge in [0.25, 0.3) is 0 Å². The van der Waals surface area contributed by atoms with E-state index in [2.05, 4.69) is 36.5 Å². The van der Waals surface area contributed by atoms with Crippen LogP contribution in [0.3, 0.4) is 0 Å². The van der Waals surface area contributed by atoms with Crippen molar-refractivity contribution in [2.45, 2.75) is 18.3 Å². The van der Waals surface area contributed by atoms with Gasteiger partial charge in [0.05, 0.1) is 0 Å². The van der Waals surface area contributed by atoms with Crippen molar-refractivity contribution in [3.05, 3.63) is 159 Å². The van der Waals surface area contributed by atoms with Crippen LogP contribution in [0.1, 0.15) is 12.8 Å². The first-order valence-corrected chi connectivity index (χ1v) is 20.0. The van der Waals surface area contributed by atoms with E-state index in [1.54, 1.807) is 6.56 Å². The van der Waals surface area contributed by atoms with Crippen LogP contribution in [-0.4, -0.2) is 24.6 Å². The van der Waals surface area contributed by atoms with Crippen LogP contribution in [0.15, 0.2) is 43.0 Å². The van der Waals surface area contributed by atoms with Gasteiger partial charge in [-0.15, -0.1) is 21.9 Å². The molecule has 64 heavy (non-hydrogen) atoms. The monoisotopic (exact) mass is 1050 g/mol. The van der Waals surface area contributed by atoms with Crippen molar-refractivity contribution in [3.63, 3.8) is 0 Å². The third-order valence-electron chi connectivity index (χ3n) is 8.85. The first-order valence-electron chi connectivity index (χ1n) is 16.1. The molecule has 0 atom stereocenters. The second-order valence-electron chi connectivity index (χ2n) is 12.5. The molecule has 0 unspecified atom stereocenters. The summed E-state index contributed by atoms with van der Waals surface area (Å²) in [6.45, 7) is 0. The molecule has 4 aromatic carbocycles. The van der Waals surface area contributed by atoms with Crippen LogP contribution in [0, 0.1) is 116 Å². The molecule has 3 nitrogen and oxygen atoms in total. The van der Waals surface area contributed by atoms with Gasteiger partial charge in [-0.05, 0) is 0 Å². The summed E-state index contributed by atoms with van der Waals surface area (Å²) >= 11 is -0.312. The summed E-state index contributed by atoms with van der Waals surface area (Å²) in [5.74, 6) is -71.4. The van der Waals surface area contributed by atoms with Crippen LogP contribution in [-0.2, 0) is 33.4 Å². The number of hydrogen-bond acceptors (Lipinski definition) is 3. The van der Waals surface area contributed by atoms with Gasteiger partial charge >= 0.3 is 84.6 Å². The van der Waals surface area contributed by atoms with Gasteiger partial charge in [0.2, 0.25) is 0 Å². The molecule has 0 heterocycles. The molecule has 0 aliphatic heterocycles. The second-order valence-corrected chi connectivity index (χ2v) is 17.6. The van der Waals surface area contributed by atoms with Crippen molar-refractivity contribution >= 4 is 38.1 Å². The van der Waals surface area contributed by atoms with Crippen LogP contribution >= 0.6 is 0 Å². The summed E-state index contributed by atoms with van der Waals surface area (Å²) in [6, 6.07) is 0. The smallest absolute Gasteiger partial charge is 0.485 e. The first kappa shape index (κ1) is 51.7. The maximum absolute atomic E-state index is 15.4. The topological polar surface area (TPSA) is 57.2 Å². The van der Waals surface area contributed by atoms with Crippen LogP contribution in [0.25, 0.3) is 0 Å². The first-order chi connectivity index (χ1) is 29.4. The minimum absolute atomic E-state index is 0.312. The van der Waals surface area contributed by atoms with Gasteiger partial charge in [0.1, 0.15) is 52.7 Å².